The third-order valence-corrected chi connectivity index (χ3v) is 4.38. The first-order valence-electron chi connectivity index (χ1n) is 7.42. The van der Waals surface area contributed by atoms with Crippen LogP contribution in [0.25, 0.3) is 6.08 Å². The first-order chi connectivity index (χ1) is 11.7. The molecule has 0 spiro atoms. The Morgan fingerprint density at radius 2 is 1.96 bits per heavy atom. The summed E-state index contributed by atoms with van der Waals surface area (Å²) in [6.07, 6.45) is 1.81. The molecule has 1 aliphatic heterocycles. The zero-order valence-electron chi connectivity index (χ0n) is 13.0. The molecule has 3 rings (SSSR count). The van der Waals surface area contributed by atoms with Crippen LogP contribution in [0.5, 0.6) is 5.75 Å². The summed E-state index contributed by atoms with van der Waals surface area (Å²) < 4.78 is 5.59. The van der Waals surface area contributed by atoms with E-state index in [0.717, 1.165) is 17.0 Å². The SMILES string of the molecule is CCOc1ccccc1/C=C1\SC(=Nc2ccc(Cl)cc2)NC1=O. The summed E-state index contributed by atoms with van der Waals surface area (Å²) in [5, 5.41) is 3.96. The minimum atomic E-state index is -0.168. The second-order valence-corrected chi connectivity index (χ2v) is 6.40. The first kappa shape index (κ1) is 16.6. The maximum Gasteiger partial charge on any atom is 0.264 e. The maximum atomic E-state index is 12.2. The van der Waals surface area contributed by atoms with E-state index < -0.39 is 0 Å². The van der Waals surface area contributed by atoms with Gasteiger partial charge in [0.25, 0.3) is 5.91 Å². The predicted octanol–water partition coefficient (Wildman–Crippen LogP) is 4.63. The van der Waals surface area contributed by atoms with Gasteiger partial charge >= 0.3 is 0 Å². The second kappa shape index (κ2) is 7.55. The minimum absolute atomic E-state index is 0.168. The normalized spacial score (nSPS) is 17.3. The third kappa shape index (κ3) is 3.99. The van der Waals surface area contributed by atoms with Crippen LogP contribution < -0.4 is 10.1 Å². The van der Waals surface area contributed by atoms with Crippen LogP contribution in [-0.4, -0.2) is 17.7 Å². The fourth-order valence-electron chi connectivity index (χ4n) is 2.14. The Bertz CT molecular complexity index is 816. The van der Waals surface area contributed by atoms with Gasteiger partial charge in [0.05, 0.1) is 17.2 Å². The number of amidine groups is 1. The summed E-state index contributed by atoms with van der Waals surface area (Å²) >= 11 is 7.16. The molecule has 24 heavy (non-hydrogen) atoms. The molecule has 0 atom stereocenters. The summed E-state index contributed by atoms with van der Waals surface area (Å²) in [5.41, 5.74) is 1.60. The van der Waals surface area contributed by atoms with Crippen molar-refractivity contribution < 1.29 is 9.53 Å². The molecule has 0 unspecified atom stereocenters. The standard InChI is InChI=1S/C18H15ClN2O2S/c1-2-23-15-6-4-3-5-12(15)11-16-17(22)21-18(24-16)20-14-9-7-13(19)8-10-14/h3-11H,2H2,1H3,(H,20,21,22)/b16-11-. The van der Waals surface area contributed by atoms with E-state index in [1.165, 1.54) is 11.8 Å². The van der Waals surface area contributed by atoms with Crippen molar-refractivity contribution in [1.29, 1.82) is 0 Å². The number of para-hydroxylation sites is 1. The summed E-state index contributed by atoms with van der Waals surface area (Å²) in [4.78, 5) is 17.2. The van der Waals surface area contributed by atoms with E-state index in [1.807, 2.05) is 37.3 Å². The van der Waals surface area contributed by atoms with Crippen LogP contribution in [0.1, 0.15) is 12.5 Å². The van der Waals surface area contributed by atoms with Crippen LogP contribution in [-0.2, 0) is 4.79 Å². The highest BCUT2D eigenvalue weighted by molar-refractivity contribution is 8.18. The van der Waals surface area contributed by atoms with E-state index >= 15 is 0 Å². The fourth-order valence-corrected chi connectivity index (χ4v) is 3.10. The number of carbonyl (C=O) groups excluding carboxylic acids is 1. The van der Waals surface area contributed by atoms with Gasteiger partial charge < -0.3 is 10.1 Å². The molecule has 1 amide bonds. The van der Waals surface area contributed by atoms with Gasteiger partial charge in [0, 0.05) is 10.6 Å². The van der Waals surface area contributed by atoms with Crippen molar-refractivity contribution in [2.24, 2.45) is 4.99 Å². The van der Waals surface area contributed by atoms with Gasteiger partial charge in [-0.15, -0.1) is 0 Å². The molecular weight excluding hydrogens is 344 g/mol. The van der Waals surface area contributed by atoms with Crippen molar-refractivity contribution in [3.05, 3.63) is 64.0 Å². The quantitative estimate of drug-likeness (QED) is 0.810. The summed E-state index contributed by atoms with van der Waals surface area (Å²) in [7, 11) is 0. The Hall–Kier alpha value is -2.24. The number of carbonyl (C=O) groups is 1. The Balaban J connectivity index is 1.83. The molecule has 1 heterocycles. The summed E-state index contributed by atoms with van der Waals surface area (Å²) in [6, 6.07) is 14.7. The van der Waals surface area contributed by atoms with Gasteiger partial charge in [-0.2, -0.15) is 0 Å². The van der Waals surface area contributed by atoms with Gasteiger partial charge in [-0.3, -0.25) is 4.79 Å². The molecule has 0 bridgehead atoms. The molecule has 4 nitrogen and oxygen atoms in total. The lowest BCUT2D eigenvalue weighted by molar-refractivity contribution is -0.115. The van der Waals surface area contributed by atoms with Gasteiger partial charge in [0.15, 0.2) is 5.17 Å². The van der Waals surface area contributed by atoms with Crippen molar-refractivity contribution in [3.8, 4) is 5.75 Å². The van der Waals surface area contributed by atoms with Crippen LogP contribution in [0, 0.1) is 0 Å². The third-order valence-electron chi connectivity index (χ3n) is 3.21. The van der Waals surface area contributed by atoms with E-state index in [9.17, 15) is 4.79 Å². The molecule has 0 aliphatic carbocycles. The molecule has 1 N–H and O–H groups in total. The number of nitrogens with one attached hydrogen (secondary N) is 1. The number of ether oxygens (including phenoxy) is 1. The van der Waals surface area contributed by atoms with E-state index in [1.54, 1.807) is 24.3 Å². The number of thioether (sulfide) groups is 1. The molecule has 0 aromatic heterocycles. The van der Waals surface area contributed by atoms with Crippen molar-refractivity contribution in [1.82, 2.24) is 5.32 Å². The lowest BCUT2D eigenvalue weighted by atomic mass is 10.2. The Kier molecular flexibility index (Phi) is 5.23. The van der Waals surface area contributed by atoms with Crippen LogP contribution in [0.2, 0.25) is 5.02 Å². The molecule has 1 aliphatic rings. The zero-order chi connectivity index (χ0) is 16.9. The fraction of sp³-hybridized carbons (Fsp3) is 0.111. The number of nitrogens with zero attached hydrogens (tertiary/aromatic N) is 1. The molecule has 122 valence electrons. The number of rotatable bonds is 4. The van der Waals surface area contributed by atoms with Gasteiger partial charge in [0.1, 0.15) is 5.75 Å². The predicted molar refractivity (Wildman–Crippen MR) is 99.9 cm³/mol. The average molecular weight is 359 g/mol. The number of benzene rings is 2. The van der Waals surface area contributed by atoms with Crippen LogP contribution >= 0.6 is 23.4 Å². The van der Waals surface area contributed by atoms with E-state index in [2.05, 4.69) is 10.3 Å². The van der Waals surface area contributed by atoms with Crippen molar-refractivity contribution in [2.45, 2.75) is 6.92 Å². The average Bonchev–Trinajstić information content (AvgIpc) is 2.91. The molecule has 1 fully saturated rings. The van der Waals surface area contributed by atoms with Crippen molar-refractivity contribution in [2.75, 3.05) is 6.61 Å². The zero-order valence-corrected chi connectivity index (χ0v) is 14.5. The molecular formula is C18H15ClN2O2S. The van der Waals surface area contributed by atoms with Gasteiger partial charge in [-0.1, -0.05) is 29.8 Å². The topological polar surface area (TPSA) is 50.7 Å². The first-order valence-corrected chi connectivity index (χ1v) is 8.62. The highest BCUT2D eigenvalue weighted by atomic mass is 35.5. The van der Waals surface area contributed by atoms with E-state index in [-0.39, 0.29) is 5.91 Å². The largest absolute Gasteiger partial charge is 0.493 e. The van der Waals surface area contributed by atoms with E-state index in [4.69, 9.17) is 16.3 Å². The van der Waals surface area contributed by atoms with Crippen molar-refractivity contribution in [3.63, 3.8) is 0 Å². The second-order valence-electron chi connectivity index (χ2n) is 4.93. The highest BCUT2D eigenvalue weighted by Gasteiger charge is 2.24. The molecule has 6 heteroatoms. The molecule has 1 saturated heterocycles. The molecule has 0 saturated carbocycles. The van der Waals surface area contributed by atoms with E-state index in [0.29, 0.717) is 21.7 Å². The Labute approximate surface area is 149 Å². The van der Waals surface area contributed by atoms with Crippen LogP contribution in [0.4, 0.5) is 5.69 Å². The maximum absolute atomic E-state index is 12.2. The van der Waals surface area contributed by atoms with Crippen molar-refractivity contribution >= 4 is 46.2 Å². The monoisotopic (exact) mass is 358 g/mol. The molecule has 0 radical (unpaired) electrons. The smallest absolute Gasteiger partial charge is 0.264 e. The number of hydrogen-bond donors (Lipinski definition) is 1. The Morgan fingerprint density at radius 1 is 1.21 bits per heavy atom. The lowest BCUT2D eigenvalue weighted by Gasteiger charge is -2.06. The van der Waals surface area contributed by atoms with Crippen LogP contribution in [0.15, 0.2) is 58.4 Å². The molecule has 2 aromatic carbocycles. The number of amides is 1. The number of hydrogen-bond acceptors (Lipinski definition) is 4. The molecule has 2 aromatic rings. The highest BCUT2D eigenvalue weighted by Crippen LogP contribution is 2.30. The van der Waals surface area contributed by atoms with Crippen LogP contribution in [0.3, 0.4) is 0 Å². The lowest BCUT2D eigenvalue weighted by Crippen LogP contribution is -2.19. The van der Waals surface area contributed by atoms with Gasteiger partial charge in [-0.25, -0.2) is 4.99 Å². The van der Waals surface area contributed by atoms with Gasteiger partial charge in [0.2, 0.25) is 0 Å². The number of halogens is 1. The summed E-state index contributed by atoms with van der Waals surface area (Å²) in [5.74, 6) is 0.586. The van der Waals surface area contributed by atoms with Gasteiger partial charge in [-0.05, 0) is 55.1 Å². The Morgan fingerprint density at radius 3 is 2.71 bits per heavy atom. The number of aliphatic imine (C=N–C) groups is 1. The minimum Gasteiger partial charge on any atom is -0.493 e. The summed E-state index contributed by atoms with van der Waals surface area (Å²) in [6.45, 7) is 2.50.